The van der Waals surface area contributed by atoms with Crippen LogP contribution in [-0.4, -0.2) is 56.1 Å². The largest absolute Gasteiger partial charge is 0.355 e. The van der Waals surface area contributed by atoms with Crippen molar-refractivity contribution in [3.8, 4) is 0 Å². The first-order chi connectivity index (χ1) is 15.0. The van der Waals surface area contributed by atoms with Crippen LogP contribution in [0.25, 0.3) is 0 Å². The molecule has 0 spiro atoms. The van der Waals surface area contributed by atoms with Crippen molar-refractivity contribution >= 4 is 21.8 Å². The fourth-order valence-electron chi connectivity index (χ4n) is 4.30. The SMILES string of the molecule is C=CCN(CCc1ccccc1)C(=O)C1CCCN(C2=NS(=O)(=O)c3ccccc32)C1. The van der Waals surface area contributed by atoms with Gasteiger partial charge in [-0.1, -0.05) is 48.5 Å². The summed E-state index contributed by atoms with van der Waals surface area (Å²) in [7, 11) is -3.67. The van der Waals surface area contributed by atoms with Crippen LogP contribution in [-0.2, 0) is 21.2 Å². The van der Waals surface area contributed by atoms with Gasteiger partial charge in [0, 0.05) is 31.7 Å². The van der Waals surface area contributed by atoms with Crippen LogP contribution in [0.2, 0.25) is 0 Å². The molecule has 7 heteroatoms. The number of rotatable bonds is 6. The van der Waals surface area contributed by atoms with E-state index in [0.29, 0.717) is 37.6 Å². The quantitative estimate of drug-likeness (QED) is 0.651. The number of carbonyl (C=O) groups is 1. The van der Waals surface area contributed by atoms with E-state index in [1.807, 2.05) is 34.1 Å². The molecule has 0 aliphatic carbocycles. The van der Waals surface area contributed by atoms with Crippen LogP contribution >= 0.6 is 0 Å². The summed E-state index contributed by atoms with van der Waals surface area (Å²) in [6.07, 6.45) is 4.15. The number of sulfonamides is 1. The molecule has 1 atom stereocenters. The van der Waals surface area contributed by atoms with Gasteiger partial charge >= 0.3 is 0 Å². The predicted octanol–water partition coefficient (Wildman–Crippen LogP) is 3.10. The van der Waals surface area contributed by atoms with Crippen molar-refractivity contribution in [1.29, 1.82) is 0 Å². The summed E-state index contributed by atoms with van der Waals surface area (Å²) >= 11 is 0. The van der Waals surface area contributed by atoms with Crippen LogP contribution in [0.1, 0.15) is 24.0 Å². The molecule has 2 aromatic rings. The van der Waals surface area contributed by atoms with Crippen LogP contribution in [0.5, 0.6) is 0 Å². The summed E-state index contributed by atoms with van der Waals surface area (Å²) in [5.41, 5.74) is 1.82. The predicted molar refractivity (Wildman–Crippen MR) is 121 cm³/mol. The van der Waals surface area contributed by atoms with E-state index in [2.05, 4.69) is 23.1 Å². The van der Waals surface area contributed by atoms with Gasteiger partial charge < -0.3 is 9.80 Å². The van der Waals surface area contributed by atoms with Gasteiger partial charge in [0.05, 0.1) is 5.92 Å². The highest BCUT2D eigenvalue weighted by molar-refractivity contribution is 7.90. The minimum atomic E-state index is -3.67. The Morgan fingerprint density at radius 2 is 1.90 bits per heavy atom. The number of hydrogen-bond acceptors (Lipinski definition) is 4. The molecular formula is C24H27N3O3S. The fraction of sp³-hybridized carbons (Fsp3) is 0.333. The van der Waals surface area contributed by atoms with E-state index in [1.165, 1.54) is 5.56 Å². The first-order valence-electron chi connectivity index (χ1n) is 10.6. The normalized spacial score (nSPS) is 19.4. The maximum Gasteiger partial charge on any atom is 0.285 e. The van der Waals surface area contributed by atoms with E-state index in [-0.39, 0.29) is 16.7 Å². The summed E-state index contributed by atoms with van der Waals surface area (Å²) < 4.78 is 28.9. The Balaban J connectivity index is 1.48. The van der Waals surface area contributed by atoms with E-state index in [1.54, 1.807) is 24.3 Å². The first kappa shape index (κ1) is 21.3. The molecule has 4 rings (SSSR count). The van der Waals surface area contributed by atoms with E-state index in [4.69, 9.17) is 0 Å². The number of fused-ring (bicyclic) bond motifs is 1. The van der Waals surface area contributed by atoms with Gasteiger partial charge in [-0.15, -0.1) is 11.0 Å². The number of benzene rings is 2. The Morgan fingerprint density at radius 3 is 2.68 bits per heavy atom. The number of carbonyl (C=O) groups excluding carboxylic acids is 1. The highest BCUT2D eigenvalue weighted by Gasteiger charge is 2.36. The van der Waals surface area contributed by atoms with E-state index >= 15 is 0 Å². The van der Waals surface area contributed by atoms with Crippen LogP contribution in [0, 0.1) is 5.92 Å². The van der Waals surface area contributed by atoms with Crippen LogP contribution < -0.4 is 0 Å². The van der Waals surface area contributed by atoms with E-state index < -0.39 is 10.0 Å². The molecule has 1 amide bonds. The average molecular weight is 438 g/mol. The lowest BCUT2D eigenvalue weighted by molar-refractivity contribution is -0.136. The minimum Gasteiger partial charge on any atom is -0.355 e. The third-order valence-electron chi connectivity index (χ3n) is 5.86. The van der Waals surface area contributed by atoms with Crippen molar-refractivity contribution in [2.45, 2.75) is 24.2 Å². The molecular weight excluding hydrogens is 410 g/mol. The average Bonchev–Trinajstić information content (AvgIpc) is 3.08. The van der Waals surface area contributed by atoms with Crippen molar-refractivity contribution in [2.75, 3.05) is 26.2 Å². The third kappa shape index (κ3) is 4.56. The van der Waals surface area contributed by atoms with Crippen LogP contribution in [0.4, 0.5) is 0 Å². The molecule has 0 saturated carbocycles. The standard InChI is InChI=1S/C24H27N3O3S/c1-2-15-26(17-14-19-9-4-3-5-10-19)24(28)20-11-8-16-27(18-20)23-21-12-6-7-13-22(21)31(29,30)25-23/h2-7,9-10,12-13,20H,1,8,11,14-18H2. The van der Waals surface area contributed by atoms with Gasteiger partial charge in [-0.25, -0.2) is 0 Å². The Morgan fingerprint density at radius 1 is 1.16 bits per heavy atom. The first-order valence-corrected chi connectivity index (χ1v) is 12.1. The monoisotopic (exact) mass is 437 g/mol. The van der Waals surface area contributed by atoms with Crippen LogP contribution in [0.15, 0.2) is 76.5 Å². The smallest absolute Gasteiger partial charge is 0.285 e. The van der Waals surface area contributed by atoms with Gasteiger partial charge in [0.2, 0.25) is 5.91 Å². The Bertz CT molecular complexity index is 1100. The summed E-state index contributed by atoms with van der Waals surface area (Å²) in [6, 6.07) is 17.0. The molecule has 2 aromatic carbocycles. The minimum absolute atomic E-state index is 0.0928. The topological polar surface area (TPSA) is 70.1 Å². The van der Waals surface area contributed by atoms with Crippen molar-refractivity contribution in [3.05, 3.63) is 78.4 Å². The second-order valence-corrected chi connectivity index (χ2v) is 9.55. The molecule has 0 N–H and O–H groups in total. The van der Waals surface area contributed by atoms with Crippen molar-refractivity contribution in [2.24, 2.45) is 10.3 Å². The molecule has 31 heavy (non-hydrogen) atoms. The Kier molecular flexibility index (Phi) is 6.23. The molecule has 1 unspecified atom stereocenters. The second kappa shape index (κ2) is 9.06. The van der Waals surface area contributed by atoms with Gasteiger partial charge in [-0.2, -0.15) is 8.42 Å². The molecule has 0 aromatic heterocycles. The number of amides is 1. The second-order valence-electron chi connectivity index (χ2n) is 7.98. The lowest BCUT2D eigenvalue weighted by Crippen LogP contribution is -2.47. The number of amidine groups is 1. The summed E-state index contributed by atoms with van der Waals surface area (Å²) in [5.74, 6) is 0.366. The molecule has 1 saturated heterocycles. The number of likely N-dealkylation sites (tertiary alicyclic amines) is 1. The molecule has 162 valence electrons. The van der Waals surface area contributed by atoms with Gasteiger partial charge in [-0.3, -0.25) is 4.79 Å². The van der Waals surface area contributed by atoms with Crippen molar-refractivity contribution in [1.82, 2.24) is 9.80 Å². The zero-order valence-corrected chi connectivity index (χ0v) is 18.3. The number of nitrogens with zero attached hydrogens (tertiary/aromatic N) is 3. The van der Waals surface area contributed by atoms with E-state index in [9.17, 15) is 13.2 Å². The molecule has 6 nitrogen and oxygen atoms in total. The lowest BCUT2D eigenvalue weighted by atomic mass is 9.95. The molecule has 0 radical (unpaired) electrons. The zero-order valence-electron chi connectivity index (χ0n) is 17.5. The molecule has 2 aliphatic heterocycles. The zero-order chi connectivity index (χ0) is 21.8. The summed E-state index contributed by atoms with van der Waals surface area (Å²) in [6.45, 7) is 6.11. The van der Waals surface area contributed by atoms with E-state index in [0.717, 1.165) is 19.3 Å². The maximum atomic E-state index is 13.3. The van der Waals surface area contributed by atoms with Gasteiger partial charge in [0.25, 0.3) is 10.0 Å². The Hall–Kier alpha value is -2.93. The fourth-order valence-corrected chi connectivity index (χ4v) is 5.53. The lowest BCUT2D eigenvalue weighted by Gasteiger charge is -2.35. The molecule has 1 fully saturated rings. The van der Waals surface area contributed by atoms with Crippen LogP contribution in [0.3, 0.4) is 0 Å². The molecule has 0 bridgehead atoms. The Labute approximate surface area is 184 Å². The molecule has 2 aliphatic rings. The summed E-state index contributed by atoms with van der Waals surface area (Å²) in [4.78, 5) is 17.4. The number of piperidine rings is 1. The maximum absolute atomic E-state index is 13.3. The molecule has 2 heterocycles. The summed E-state index contributed by atoms with van der Waals surface area (Å²) in [5, 5.41) is 0. The third-order valence-corrected chi connectivity index (χ3v) is 7.18. The van der Waals surface area contributed by atoms with Gasteiger partial charge in [0.15, 0.2) is 5.84 Å². The highest BCUT2D eigenvalue weighted by atomic mass is 32.2. The number of hydrogen-bond donors (Lipinski definition) is 0. The van der Waals surface area contributed by atoms with Crippen molar-refractivity contribution < 1.29 is 13.2 Å². The van der Waals surface area contributed by atoms with Crippen molar-refractivity contribution in [3.63, 3.8) is 0 Å². The highest BCUT2D eigenvalue weighted by Crippen LogP contribution is 2.30. The van der Waals surface area contributed by atoms with Gasteiger partial charge in [-0.05, 0) is 37.0 Å². The van der Waals surface area contributed by atoms with Gasteiger partial charge in [0.1, 0.15) is 4.90 Å².